The van der Waals surface area contributed by atoms with E-state index < -0.39 is 12.0 Å². The number of ether oxygens (including phenoxy) is 1. The molecule has 0 aliphatic rings. The van der Waals surface area contributed by atoms with E-state index in [9.17, 15) is 9.59 Å². The number of carboxylic acids is 1. The molecule has 1 rings (SSSR count). The van der Waals surface area contributed by atoms with E-state index in [4.69, 9.17) is 9.84 Å². The Labute approximate surface area is 124 Å². The third-order valence-electron chi connectivity index (χ3n) is 2.96. The smallest absolute Gasteiger partial charge is 0.335 e. The van der Waals surface area contributed by atoms with Crippen LogP contribution < -0.4 is 5.32 Å². The van der Waals surface area contributed by atoms with E-state index in [0.717, 1.165) is 5.56 Å². The highest BCUT2D eigenvalue weighted by Crippen LogP contribution is 2.07. The van der Waals surface area contributed by atoms with Crippen LogP contribution in [0.4, 0.5) is 0 Å². The average Bonchev–Trinajstić information content (AvgIpc) is 2.47. The predicted molar refractivity (Wildman–Crippen MR) is 80.1 cm³/mol. The zero-order valence-electron chi connectivity index (χ0n) is 12.2. The molecule has 1 aromatic carbocycles. The molecule has 0 aliphatic carbocycles. The zero-order valence-corrected chi connectivity index (χ0v) is 12.2. The maximum atomic E-state index is 11.8. The Morgan fingerprint density at radius 1 is 1.48 bits per heavy atom. The second kappa shape index (κ2) is 8.92. The summed E-state index contributed by atoms with van der Waals surface area (Å²) < 4.78 is 5.02. The number of hydrogen-bond acceptors (Lipinski definition) is 4. The van der Waals surface area contributed by atoms with Crippen molar-refractivity contribution < 1.29 is 19.4 Å². The quantitative estimate of drug-likeness (QED) is 0.539. The number of esters is 1. The molecule has 114 valence electrons. The van der Waals surface area contributed by atoms with Crippen LogP contribution >= 0.6 is 0 Å². The Kier molecular flexibility index (Phi) is 7.18. The van der Waals surface area contributed by atoms with Gasteiger partial charge in [-0.3, -0.25) is 4.79 Å². The van der Waals surface area contributed by atoms with E-state index in [1.54, 1.807) is 25.1 Å². The van der Waals surface area contributed by atoms with Gasteiger partial charge < -0.3 is 15.2 Å². The molecule has 0 fully saturated rings. The molecule has 0 heterocycles. The summed E-state index contributed by atoms with van der Waals surface area (Å²) in [6, 6.07) is 6.20. The van der Waals surface area contributed by atoms with Gasteiger partial charge in [0.15, 0.2) is 0 Å². The van der Waals surface area contributed by atoms with Crippen molar-refractivity contribution in [3.8, 4) is 0 Å². The normalized spacial score (nSPS) is 11.7. The van der Waals surface area contributed by atoms with E-state index in [2.05, 4.69) is 11.9 Å². The Morgan fingerprint density at radius 3 is 2.86 bits per heavy atom. The monoisotopic (exact) mass is 291 g/mol. The Balaban J connectivity index is 2.66. The molecule has 21 heavy (non-hydrogen) atoms. The van der Waals surface area contributed by atoms with Crippen LogP contribution in [0, 0.1) is 0 Å². The van der Waals surface area contributed by atoms with Gasteiger partial charge in [-0.25, -0.2) is 4.79 Å². The predicted octanol–water partition coefficient (Wildman–Crippen LogP) is 2.37. The lowest BCUT2D eigenvalue weighted by Crippen LogP contribution is -2.37. The Morgan fingerprint density at radius 2 is 2.24 bits per heavy atom. The van der Waals surface area contributed by atoms with Gasteiger partial charge in [-0.1, -0.05) is 18.2 Å². The summed E-state index contributed by atoms with van der Waals surface area (Å²) in [6.45, 7) is 6.14. The number of nitrogens with one attached hydrogen (secondary N) is 1. The van der Waals surface area contributed by atoms with Gasteiger partial charge in [0.2, 0.25) is 0 Å². The standard InChI is InChI=1S/C16H21NO4/c1-3-5-9-14(16(20)21-4-2)17-11-12-7-6-8-13(10-12)15(18)19/h3,6-8,10,14,17H,1,4-5,9,11H2,2H3,(H,18,19). The van der Waals surface area contributed by atoms with Crippen molar-refractivity contribution in [2.45, 2.75) is 32.4 Å². The second-order valence-corrected chi connectivity index (χ2v) is 4.56. The van der Waals surface area contributed by atoms with Gasteiger partial charge in [0, 0.05) is 6.54 Å². The fourth-order valence-corrected chi connectivity index (χ4v) is 1.89. The maximum Gasteiger partial charge on any atom is 0.335 e. The number of carboxylic acid groups (broad SMARTS) is 1. The number of benzene rings is 1. The summed E-state index contributed by atoms with van der Waals surface area (Å²) in [5.41, 5.74) is 1.04. The minimum Gasteiger partial charge on any atom is -0.478 e. The van der Waals surface area contributed by atoms with Gasteiger partial charge in [0.1, 0.15) is 6.04 Å². The molecule has 0 bridgehead atoms. The van der Waals surface area contributed by atoms with Crippen molar-refractivity contribution >= 4 is 11.9 Å². The van der Waals surface area contributed by atoms with E-state index >= 15 is 0 Å². The lowest BCUT2D eigenvalue weighted by molar-refractivity contribution is -0.145. The molecule has 1 aromatic rings. The average molecular weight is 291 g/mol. The Hall–Kier alpha value is -2.14. The molecule has 0 amide bonds. The minimum absolute atomic E-state index is 0.230. The zero-order chi connectivity index (χ0) is 15.7. The first-order valence-electron chi connectivity index (χ1n) is 6.91. The topological polar surface area (TPSA) is 75.6 Å². The van der Waals surface area contributed by atoms with Crippen molar-refractivity contribution in [3.05, 3.63) is 48.0 Å². The molecule has 0 saturated carbocycles. The molecule has 2 N–H and O–H groups in total. The first-order valence-corrected chi connectivity index (χ1v) is 6.91. The summed E-state index contributed by atoms with van der Waals surface area (Å²) in [4.78, 5) is 22.8. The largest absolute Gasteiger partial charge is 0.478 e. The molecule has 0 aliphatic heterocycles. The van der Waals surface area contributed by atoms with Crippen molar-refractivity contribution in [3.63, 3.8) is 0 Å². The third-order valence-corrected chi connectivity index (χ3v) is 2.96. The van der Waals surface area contributed by atoms with Crippen LogP contribution in [0.2, 0.25) is 0 Å². The molecular formula is C16H21NO4. The summed E-state index contributed by atoms with van der Waals surface area (Å²) in [6.07, 6.45) is 3.05. The van der Waals surface area contributed by atoms with Crippen molar-refractivity contribution in [1.82, 2.24) is 5.32 Å². The van der Waals surface area contributed by atoms with E-state index in [1.165, 1.54) is 6.07 Å². The highest BCUT2D eigenvalue weighted by molar-refractivity contribution is 5.87. The number of allylic oxidation sites excluding steroid dienone is 1. The SMILES string of the molecule is C=CCCC(NCc1cccc(C(=O)O)c1)C(=O)OCC. The van der Waals surface area contributed by atoms with Crippen molar-refractivity contribution in [2.24, 2.45) is 0 Å². The lowest BCUT2D eigenvalue weighted by Gasteiger charge is -2.16. The van der Waals surface area contributed by atoms with Crippen LogP contribution in [0.5, 0.6) is 0 Å². The number of carbonyl (C=O) groups is 2. The van der Waals surface area contributed by atoms with Gasteiger partial charge in [0.25, 0.3) is 0 Å². The fourth-order valence-electron chi connectivity index (χ4n) is 1.89. The van der Waals surface area contributed by atoms with Crippen molar-refractivity contribution in [2.75, 3.05) is 6.61 Å². The summed E-state index contributed by atoms with van der Waals surface area (Å²) in [5, 5.41) is 12.1. The summed E-state index contributed by atoms with van der Waals surface area (Å²) in [7, 11) is 0. The highest BCUT2D eigenvalue weighted by atomic mass is 16.5. The van der Waals surface area contributed by atoms with Crippen LogP contribution in [-0.2, 0) is 16.1 Å². The van der Waals surface area contributed by atoms with Gasteiger partial charge >= 0.3 is 11.9 Å². The molecule has 5 heteroatoms. The summed E-state index contributed by atoms with van der Waals surface area (Å²) >= 11 is 0. The van der Waals surface area contributed by atoms with E-state index in [-0.39, 0.29) is 11.5 Å². The number of hydrogen-bond donors (Lipinski definition) is 2. The maximum absolute atomic E-state index is 11.8. The molecular weight excluding hydrogens is 270 g/mol. The molecule has 5 nitrogen and oxygen atoms in total. The van der Waals surface area contributed by atoms with Gasteiger partial charge in [-0.15, -0.1) is 6.58 Å². The number of rotatable bonds is 9. The van der Waals surface area contributed by atoms with Gasteiger partial charge in [-0.05, 0) is 37.5 Å². The highest BCUT2D eigenvalue weighted by Gasteiger charge is 2.18. The lowest BCUT2D eigenvalue weighted by atomic mass is 10.1. The van der Waals surface area contributed by atoms with E-state index in [1.807, 2.05) is 6.07 Å². The Bertz CT molecular complexity index is 499. The van der Waals surface area contributed by atoms with Crippen LogP contribution in [0.25, 0.3) is 0 Å². The molecule has 0 aromatic heterocycles. The third kappa shape index (κ3) is 5.79. The van der Waals surface area contributed by atoms with Crippen LogP contribution in [0.15, 0.2) is 36.9 Å². The van der Waals surface area contributed by atoms with Crippen LogP contribution in [-0.4, -0.2) is 29.7 Å². The van der Waals surface area contributed by atoms with Crippen LogP contribution in [0.3, 0.4) is 0 Å². The minimum atomic E-state index is -0.967. The van der Waals surface area contributed by atoms with Crippen molar-refractivity contribution in [1.29, 1.82) is 0 Å². The molecule has 0 radical (unpaired) electrons. The summed E-state index contributed by atoms with van der Waals surface area (Å²) in [5.74, 6) is -1.26. The first kappa shape index (κ1) is 16.9. The number of carbonyl (C=O) groups excluding carboxylic acids is 1. The molecule has 0 saturated heterocycles. The van der Waals surface area contributed by atoms with Gasteiger partial charge in [0.05, 0.1) is 12.2 Å². The molecule has 1 atom stereocenters. The molecule has 0 spiro atoms. The molecule has 1 unspecified atom stereocenters. The van der Waals surface area contributed by atoms with Gasteiger partial charge in [-0.2, -0.15) is 0 Å². The second-order valence-electron chi connectivity index (χ2n) is 4.56. The number of aromatic carboxylic acids is 1. The van der Waals surface area contributed by atoms with Crippen LogP contribution in [0.1, 0.15) is 35.7 Å². The van der Waals surface area contributed by atoms with E-state index in [0.29, 0.717) is 26.0 Å². The first-order chi connectivity index (χ1) is 10.1. The fraction of sp³-hybridized carbons (Fsp3) is 0.375.